The summed E-state index contributed by atoms with van der Waals surface area (Å²) in [5.74, 6) is -0.293. The van der Waals surface area contributed by atoms with Gasteiger partial charge in [-0.25, -0.2) is 0 Å². The van der Waals surface area contributed by atoms with Gasteiger partial charge in [-0.2, -0.15) is 0 Å². The maximum absolute atomic E-state index is 11.7. The second-order valence-corrected chi connectivity index (χ2v) is 3.80. The van der Waals surface area contributed by atoms with Crippen molar-refractivity contribution < 1.29 is 9.90 Å². The summed E-state index contributed by atoms with van der Waals surface area (Å²) in [4.78, 5) is 11.7. The number of aliphatic hydroxyl groups is 1. The summed E-state index contributed by atoms with van der Waals surface area (Å²) in [5.41, 5.74) is 8.98. The Balaban J connectivity index is 3.16. The highest BCUT2D eigenvalue weighted by molar-refractivity contribution is 6.01. The van der Waals surface area contributed by atoms with Crippen molar-refractivity contribution >= 4 is 5.78 Å². The van der Waals surface area contributed by atoms with Gasteiger partial charge in [-0.3, -0.25) is 4.79 Å². The Bertz CT molecular complexity index is 385. The lowest BCUT2D eigenvalue weighted by Crippen LogP contribution is -2.29. The zero-order valence-corrected chi connectivity index (χ0v) is 9.37. The third-order valence-electron chi connectivity index (χ3n) is 2.85. The van der Waals surface area contributed by atoms with E-state index in [1.807, 2.05) is 26.8 Å². The van der Waals surface area contributed by atoms with Gasteiger partial charge < -0.3 is 10.8 Å². The van der Waals surface area contributed by atoms with Gasteiger partial charge in [-0.1, -0.05) is 12.1 Å². The minimum absolute atomic E-state index is 0.0365. The van der Waals surface area contributed by atoms with Crippen LogP contribution in [-0.4, -0.2) is 23.5 Å². The molecule has 0 fully saturated rings. The first kappa shape index (κ1) is 11.9. The van der Waals surface area contributed by atoms with E-state index >= 15 is 0 Å². The predicted octanol–water partition coefficient (Wildman–Crippen LogP) is 1.11. The average molecular weight is 207 g/mol. The van der Waals surface area contributed by atoms with Crippen LogP contribution in [0.1, 0.15) is 27.0 Å². The number of Topliss-reactive ketones (excluding diaryl/α,β-unsaturated/α-hetero) is 1. The van der Waals surface area contributed by atoms with Crippen molar-refractivity contribution in [2.45, 2.75) is 26.9 Å². The van der Waals surface area contributed by atoms with Gasteiger partial charge >= 0.3 is 0 Å². The van der Waals surface area contributed by atoms with Crippen LogP contribution in [0.3, 0.4) is 0 Å². The fraction of sp³-hybridized carbons (Fsp3) is 0.417. The number of ketones is 1. The number of nitrogens with two attached hydrogens (primary N) is 1. The molecule has 82 valence electrons. The molecular formula is C12H17NO2. The zero-order chi connectivity index (χ0) is 11.6. The maximum Gasteiger partial charge on any atom is 0.192 e. The topological polar surface area (TPSA) is 63.3 Å². The minimum Gasteiger partial charge on any atom is -0.384 e. The van der Waals surface area contributed by atoms with E-state index in [0.29, 0.717) is 5.56 Å². The number of carbonyl (C=O) groups excluding carboxylic acids is 1. The normalized spacial score (nSPS) is 12.6. The van der Waals surface area contributed by atoms with Gasteiger partial charge in [0, 0.05) is 12.1 Å². The van der Waals surface area contributed by atoms with Crippen LogP contribution in [0.4, 0.5) is 0 Å². The van der Waals surface area contributed by atoms with E-state index in [4.69, 9.17) is 5.73 Å². The molecule has 3 heteroatoms. The molecule has 1 rings (SSSR count). The van der Waals surface area contributed by atoms with E-state index in [0.717, 1.165) is 16.7 Å². The Morgan fingerprint density at radius 1 is 1.33 bits per heavy atom. The van der Waals surface area contributed by atoms with Gasteiger partial charge in [0.2, 0.25) is 0 Å². The fourth-order valence-electron chi connectivity index (χ4n) is 1.51. The average Bonchev–Trinajstić information content (AvgIpc) is 2.24. The molecule has 0 aromatic heterocycles. The number of aliphatic hydroxyl groups excluding tert-OH is 1. The molecule has 0 spiro atoms. The van der Waals surface area contributed by atoms with E-state index in [-0.39, 0.29) is 12.3 Å². The Kier molecular flexibility index (Phi) is 3.61. The molecule has 0 radical (unpaired) electrons. The summed E-state index contributed by atoms with van der Waals surface area (Å²) >= 11 is 0. The molecule has 0 aliphatic heterocycles. The van der Waals surface area contributed by atoms with E-state index in [9.17, 15) is 9.90 Å². The molecule has 1 aromatic carbocycles. The number of benzene rings is 1. The van der Waals surface area contributed by atoms with Gasteiger partial charge in [0.1, 0.15) is 6.10 Å². The molecule has 0 saturated heterocycles. The van der Waals surface area contributed by atoms with E-state index in [1.165, 1.54) is 0 Å². The number of carbonyl (C=O) groups is 1. The van der Waals surface area contributed by atoms with Crippen molar-refractivity contribution in [3.8, 4) is 0 Å². The first-order valence-electron chi connectivity index (χ1n) is 4.98. The molecule has 0 bridgehead atoms. The van der Waals surface area contributed by atoms with E-state index in [2.05, 4.69) is 0 Å². The number of rotatable bonds is 3. The summed E-state index contributed by atoms with van der Waals surface area (Å²) in [6.45, 7) is 5.82. The monoisotopic (exact) mass is 207 g/mol. The van der Waals surface area contributed by atoms with Crippen molar-refractivity contribution in [2.24, 2.45) is 5.73 Å². The van der Waals surface area contributed by atoms with Crippen LogP contribution in [0.5, 0.6) is 0 Å². The van der Waals surface area contributed by atoms with Crippen LogP contribution in [-0.2, 0) is 0 Å². The summed E-state index contributed by atoms with van der Waals surface area (Å²) in [5, 5.41) is 9.39. The van der Waals surface area contributed by atoms with E-state index in [1.54, 1.807) is 6.07 Å². The van der Waals surface area contributed by atoms with Crippen LogP contribution in [0.25, 0.3) is 0 Å². The minimum atomic E-state index is -1.09. The molecule has 0 amide bonds. The number of hydrogen-bond acceptors (Lipinski definition) is 3. The zero-order valence-electron chi connectivity index (χ0n) is 9.37. The number of aryl methyl sites for hydroxylation is 1. The molecule has 1 unspecified atom stereocenters. The molecule has 1 atom stereocenters. The molecule has 15 heavy (non-hydrogen) atoms. The molecule has 0 saturated carbocycles. The van der Waals surface area contributed by atoms with Gasteiger partial charge in [-0.15, -0.1) is 0 Å². The van der Waals surface area contributed by atoms with Crippen LogP contribution in [0.15, 0.2) is 12.1 Å². The van der Waals surface area contributed by atoms with Crippen molar-refractivity contribution in [3.63, 3.8) is 0 Å². The summed E-state index contributed by atoms with van der Waals surface area (Å²) in [7, 11) is 0. The highest BCUT2D eigenvalue weighted by atomic mass is 16.3. The van der Waals surface area contributed by atoms with Crippen molar-refractivity contribution in [1.29, 1.82) is 0 Å². The highest BCUT2D eigenvalue weighted by Crippen LogP contribution is 2.18. The third kappa shape index (κ3) is 2.25. The fourth-order valence-corrected chi connectivity index (χ4v) is 1.51. The smallest absolute Gasteiger partial charge is 0.192 e. The van der Waals surface area contributed by atoms with Crippen molar-refractivity contribution in [1.82, 2.24) is 0 Å². The Hall–Kier alpha value is -1.19. The molecular weight excluding hydrogens is 190 g/mol. The van der Waals surface area contributed by atoms with Crippen molar-refractivity contribution in [3.05, 3.63) is 34.4 Å². The van der Waals surface area contributed by atoms with Crippen LogP contribution >= 0.6 is 0 Å². The number of hydrogen-bond donors (Lipinski definition) is 2. The predicted molar refractivity (Wildman–Crippen MR) is 60.0 cm³/mol. The quantitative estimate of drug-likeness (QED) is 0.730. The van der Waals surface area contributed by atoms with Crippen LogP contribution < -0.4 is 5.73 Å². The first-order chi connectivity index (χ1) is 6.99. The first-order valence-corrected chi connectivity index (χ1v) is 4.98. The SMILES string of the molecule is Cc1ccc(C(=O)C(O)CN)c(C)c1C. The van der Waals surface area contributed by atoms with Gasteiger partial charge in [0.05, 0.1) is 0 Å². The lowest BCUT2D eigenvalue weighted by molar-refractivity contribution is 0.0762. The Labute approximate surface area is 89.9 Å². The second-order valence-electron chi connectivity index (χ2n) is 3.80. The van der Waals surface area contributed by atoms with Crippen LogP contribution in [0, 0.1) is 20.8 Å². The molecule has 1 aromatic rings. The van der Waals surface area contributed by atoms with Gasteiger partial charge in [-0.05, 0) is 37.5 Å². The van der Waals surface area contributed by atoms with Crippen LogP contribution in [0.2, 0.25) is 0 Å². The summed E-state index contributed by atoms with van der Waals surface area (Å²) < 4.78 is 0. The third-order valence-corrected chi connectivity index (χ3v) is 2.85. The van der Waals surface area contributed by atoms with Crippen molar-refractivity contribution in [2.75, 3.05) is 6.54 Å². The van der Waals surface area contributed by atoms with Gasteiger partial charge in [0.15, 0.2) is 5.78 Å². The Morgan fingerprint density at radius 3 is 2.47 bits per heavy atom. The summed E-state index contributed by atoms with van der Waals surface area (Å²) in [6.07, 6.45) is -1.09. The second kappa shape index (κ2) is 4.55. The van der Waals surface area contributed by atoms with E-state index < -0.39 is 6.10 Å². The lowest BCUT2D eigenvalue weighted by atomic mass is 9.94. The molecule has 0 aliphatic carbocycles. The Morgan fingerprint density at radius 2 is 1.93 bits per heavy atom. The molecule has 0 heterocycles. The van der Waals surface area contributed by atoms with Gasteiger partial charge in [0.25, 0.3) is 0 Å². The highest BCUT2D eigenvalue weighted by Gasteiger charge is 2.18. The maximum atomic E-state index is 11.7. The standard InChI is InChI=1S/C12H17NO2/c1-7-4-5-10(9(3)8(7)2)12(15)11(14)6-13/h4-5,11,14H,6,13H2,1-3H3. The molecule has 3 nitrogen and oxygen atoms in total. The molecule has 3 N–H and O–H groups in total. The summed E-state index contributed by atoms with van der Waals surface area (Å²) in [6, 6.07) is 3.64. The molecule has 0 aliphatic rings. The largest absolute Gasteiger partial charge is 0.384 e. The lowest BCUT2D eigenvalue weighted by Gasteiger charge is -2.12.